The van der Waals surface area contributed by atoms with Crippen LogP contribution in [0.3, 0.4) is 0 Å². The number of carboxylic acid groups (broad SMARTS) is 1. The van der Waals surface area contributed by atoms with Crippen LogP contribution in [0, 0.1) is 0 Å². The molecule has 0 aliphatic rings. The zero-order valence-corrected chi connectivity index (χ0v) is 7.10. The van der Waals surface area contributed by atoms with Crippen LogP contribution in [-0.4, -0.2) is 33.7 Å². The predicted molar refractivity (Wildman–Crippen MR) is 46.7 cm³/mol. The van der Waals surface area contributed by atoms with Gasteiger partial charge in [0.1, 0.15) is 5.82 Å². The summed E-state index contributed by atoms with van der Waals surface area (Å²) in [6, 6.07) is 2.68. The van der Waals surface area contributed by atoms with Gasteiger partial charge >= 0.3 is 5.97 Å². The number of carbonyl (C=O) groups is 2. The highest BCUT2D eigenvalue weighted by Gasteiger charge is 2.04. The van der Waals surface area contributed by atoms with Crippen molar-refractivity contribution in [3.8, 4) is 0 Å². The van der Waals surface area contributed by atoms with E-state index in [0.29, 0.717) is 5.82 Å². The normalized spacial score (nSPS) is 9.43. The first-order valence-corrected chi connectivity index (χ1v) is 3.69. The van der Waals surface area contributed by atoms with Crippen LogP contribution >= 0.6 is 0 Å². The molecule has 74 valence electrons. The van der Waals surface area contributed by atoms with E-state index in [9.17, 15) is 9.59 Å². The quantitative estimate of drug-likeness (QED) is 0.572. The molecule has 1 aromatic rings. The Hall–Kier alpha value is -2.18. The van der Waals surface area contributed by atoms with Crippen molar-refractivity contribution in [1.82, 2.24) is 10.2 Å². The van der Waals surface area contributed by atoms with Gasteiger partial charge in [0.25, 0.3) is 0 Å². The molecule has 0 atom stereocenters. The maximum Gasteiger partial charge on any atom is 0.356 e. The Morgan fingerprint density at radius 1 is 1.43 bits per heavy atom. The number of aromatic carboxylic acids is 1. The Kier molecular flexibility index (Phi) is 2.95. The summed E-state index contributed by atoms with van der Waals surface area (Å²) in [5, 5.41) is 18.0. The number of rotatable bonds is 4. The molecule has 1 amide bonds. The van der Waals surface area contributed by atoms with Crippen LogP contribution in [0.25, 0.3) is 0 Å². The number of carbonyl (C=O) groups excluding carboxylic acids is 1. The Labute approximate surface area is 78.9 Å². The summed E-state index contributed by atoms with van der Waals surface area (Å²) in [4.78, 5) is 20.7. The third kappa shape index (κ3) is 2.70. The number of aromatic nitrogens is 2. The maximum atomic E-state index is 10.4. The number of nitrogens with zero attached hydrogens (tertiary/aromatic N) is 2. The van der Waals surface area contributed by atoms with Gasteiger partial charge in [-0.15, -0.1) is 10.2 Å². The van der Waals surface area contributed by atoms with Crippen molar-refractivity contribution in [2.75, 3.05) is 11.9 Å². The third-order valence-electron chi connectivity index (χ3n) is 1.33. The molecule has 0 aliphatic heterocycles. The smallest absolute Gasteiger partial charge is 0.356 e. The summed E-state index contributed by atoms with van der Waals surface area (Å²) in [6.07, 6.45) is 0. The van der Waals surface area contributed by atoms with E-state index in [4.69, 9.17) is 10.8 Å². The Morgan fingerprint density at radius 2 is 2.14 bits per heavy atom. The first-order chi connectivity index (χ1) is 6.59. The number of primary amides is 1. The fourth-order valence-corrected chi connectivity index (χ4v) is 0.718. The summed E-state index contributed by atoms with van der Waals surface area (Å²) in [5.41, 5.74) is 4.72. The molecule has 0 spiro atoms. The lowest BCUT2D eigenvalue weighted by molar-refractivity contribution is -0.116. The number of hydrogen-bond donors (Lipinski definition) is 3. The monoisotopic (exact) mass is 196 g/mol. The Bertz CT molecular complexity index is 348. The summed E-state index contributed by atoms with van der Waals surface area (Å²) in [7, 11) is 0. The van der Waals surface area contributed by atoms with E-state index in [2.05, 4.69) is 15.5 Å². The van der Waals surface area contributed by atoms with Crippen LogP contribution in [0.2, 0.25) is 0 Å². The average molecular weight is 196 g/mol. The van der Waals surface area contributed by atoms with Crippen LogP contribution < -0.4 is 11.1 Å². The lowest BCUT2D eigenvalue weighted by atomic mass is 10.4. The molecule has 14 heavy (non-hydrogen) atoms. The molecule has 1 aromatic heterocycles. The molecule has 1 heterocycles. The van der Waals surface area contributed by atoms with Crippen molar-refractivity contribution in [2.45, 2.75) is 0 Å². The highest BCUT2D eigenvalue weighted by molar-refractivity contribution is 5.85. The number of amides is 1. The minimum absolute atomic E-state index is 0.0684. The Balaban J connectivity index is 2.64. The topological polar surface area (TPSA) is 118 Å². The molecule has 0 saturated carbocycles. The second-order valence-electron chi connectivity index (χ2n) is 2.43. The van der Waals surface area contributed by atoms with Crippen molar-refractivity contribution in [3.05, 3.63) is 17.8 Å². The fraction of sp³-hybridized carbons (Fsp3) is 0.143. The zero-order valence-electron chi connectivity index (χ0n) is 7.10. The molecule has 4 N–H and O–H groups in total. The molecule has 1 rings (SSSR count). The van der Waals surface area contributed by atoms with Crippen LogP contribution in [0.4, 0.5) is 5.82 Å². The van der Waals surface area contributed by atoms with Gasteiger partial charge in [-0.2, -0.15) is 0 Å². The zero-order chi connectivity index (χ0) is 10.6. The average Bonchev–Trinajstić information content (AvgIpc) is 2.15. The van der Waals surface area contributed by atoms with Gasteiger partial charge in [0, 0.05) is 0 Å². The fourth-order valence-electron chi connectivity index (χ4n) is 0.718. The standard InChI is InChI=1S/C7H8N4O3/c8-5(12)3-9-6-2-1-4(7(13)14)10-11-6/h1-2H,3H2,(H2,8,12)(H,9,11)(H,13,14). The van der Waals surface area contributed by atoms with Gasteiger partial charge in [-0.1, -0.05) is 0 Å². The predicted octanol–water partition coefficient (Wildman–Crippen LogP) is -0.928. The van der Waals surface area contributed by atoms with Gasteiger partial charge in [-0.3, -0.25) is 4.79 Å². The molecule has 0 unspecified atom stereocenters. The summed E-state index contributed by atoms with van der Waals surface area (Å²) >= 11 is 0. The van der Waals surface area contributed by atoms with Gasteiger partial charge in [0.05, 0.1) is 6.54 Å². The minimum Gasteiger partial charge on any atom is -0.476 e. The van der Waals surface area contributed by atoms with E-state index in [1.807, 2.05) is 0 Å². The van der Waals surface area contributed by atoms with E-state index in [0.717, 1.165) is 0 Å². The number of nitrogens with two attached hydrogens (primary N) is 1. The van der Waals surface area contributed by atoms with Gasteiger partial charge in [-0.05, 0) is 12.1 Å². The molecule has 0 aliphatic carbocycles. The lowest BCUT2D eigenvalue weighted by Crippen LogP contribution is -2.22. The highest BCUT2D eigenvalue weighted by atomic mass is 16.4. The number of carboxylic acids is 1. The molecule has 0 saturated heterocycles. The van der Waals surface area contributed by atoms with E-state index >= 15 is 0 Å². The minimum atomic E-state index is -1.15. The molecule has 0 bridgehead atoms. The molecule has 0 radical (unpaired) electrons. The van der Waals surface area contributed by atoms with Crippen LogP contribution in [0.5, 0.6) is 0 Å². The van der Waals surface area contributed by atoms with Gasteiger partial charge in [0.2, 0.25) is 5.91 Å². The summed E-state index contributed by atoms with van der Waals surface area (Å²) in [5.74, 6) is -1.39. The third-order valence-corrected chi connectivity index (χ3v) is 1.33. The Morgan fingerprint density at radius 3 is 2.57 bits per heavy atom. The molecule has 7 nitrogen and oxygen atoms in total. The van der Waals surface area contributed by atoms with Gasteiger partial charge in [0.15, 0.2) is 5.69 Å². The van der Waals surface area contributed by atoms with E-state index < -0.39 is 11.9 Å². The molecule has 7 heteroatoms. The van der Waals surface area contributed by atoms with Crippen LogP contribution in [0.1, 0.15) is 10.5 Å². The van der Waals surface area contributed by atoms with Gasteiger partial charge < -0.3 is 16.2 Å². The van der Waals surface area contributed by atoms with E-state index in [1.165, 1.54) is 12.1 Å². The van der Waals surface area contributed by atoms with Crippen LogP contribution in [-0.2, 0) is 4.79 Å². The van der Waals surface area contributed by atoms with Crippen molar-refractivity contribution in [3.63, 3.8) is 0 Å². The summed E-state index contributed by atoms with van der Waals surface area (Å²) in [6.45, 7) is -0.0684. The van der Waals surface area contributed by atoms with E-state index in [1.54, 1.807) is 0 Å². The first-order valence-electron chi connectivity index (χ1n) is 3.69. The highest BCUT2D eigenvalue weighted by Crippen LogP contribution is 2.00. The summed E-state index contributed by atoms with van der Waals surface area (Å²) < 4.78 is 0. The second kappa shape index (κ2) is 4.17. The lowest BCUT2D eigenvalue weighted by Gasteiger charge is -2.00. The van der Waals surface area contributed by atoms with Crippen molar-refractivity contribution < 1.29 is 14.7 Å². The maximum absolute atomic E-state index is 10.4. The number of hydrogen-bond acceptors (Lipinski definition) is 5. The largest absolute Gasteiger partial charge is 0.476 e. The molecular formula is C7H8N4O3. The first kappa shape index (κ1) is 9.90. The molecular weight excluding hydrogens is 188 g/mol. The van der Waals surface area contributed by atoms with Crippen molar-refractivity contribution >= 4 is 17.7 Å². The van der Waals surface area contributed by atoms with Crippen molar-refractivity contribution in [2.24, 2.45) is 5.73 Å². The number of anilines is 1. The van der Waals surface area contributed by atoms with Crippen LogP contribution in [0.15, 0.2) is 12.1 Å². The van der Waals surface area contributed by atoms with E-state index in [-0.39, 0.29) is 12.2 Å². The second-order valence-corrected chi connectivity index (χ2v) is 2.43. The number of nitrogens with one attached hydrogen (secondary N) is 1. The van der Waals surface area contributed by atoms with Crippen molar-refractivity contribution in [1.29, 1.82) is 0 Å². The SMILES string of the molecule is NC(=O)CNc1ccc(C(=O)O)nn1. The van der Waals surface area contributed by atoms with Gasteiger partial charge in [-0.25, -0.2) is 4.79 Å². The molecule has 0 fully saturated rings. The molecule has 0 aromatic carbocycles.